The first kappa shape index (κ1) is 41.3. The Bertz CT molecular complexity index is 1790. The van der Waals surface area contributed by atoms with E-state index in [0.717, 1.165) is 45.1 Å². The van der Waals surface area contributed by atoms with Crippen molar-refractivity contribution in [3.05, 3.63) is 99.4 Å². The van der Waals surface area contributed by atoms with E-state index in [2.05, 4.69) is 37.3 Å². The zero-order chi connectivity index (χ0) is 36.7. The SMILES string of the molecule is CC.CC.CNC(=O)c1c(-c2ccc(C)cc2)oc2cc(N(C)c3ccc(B(O)O)cn3)c(C3CC3)cc12.Clc1ccc(Br)cn1.O=S=O. The molecule has 3 aromatic heterocycles. The van der Waals surface area contributed by atoms with Gasteiger partial charge in [0.1, 0.15) is 22.3 Å². The summed E-state index contributed by atoms with van der Waals surface area (Å²) in [7, 11) is 1.99. The molecule has 14 heteroatoms. The summed E-state index contributed by atoms with van der Waals surface area (Å²) in [5.41, 5.74) is 5.58. The van der Waals surface area contributed by atoms with Gasteiger partial charge in [0, 0.05) is 59.1 Å². The molecule has 5 aromatic rings. The fourth-order valence-electron chi connectivity index (χ4n) is 4.65. The highest BCUT2D eigenvalue weighted by Crippen LogP contribution is 2.48. The molecule has 0 aliphatic heterocycles. The van der Waals surface area contributed by atoms with Crippen molar-refractivity contribution < 1.29 is 27.7 Å². The molecule has 6 rings (SSSR count). The van der Waals surface area contributed by atoms with Crippen LogP contribution in [0.5, 0.6) is 0 Å². The lowest BCUT2D eigenvalue weighted by molar-refractivity contribution is 0.0964. The van der Waals surface area contributed by atoms with Gasteiger partial charge in [-0.1, -0.05) is 75.2 Å². The summed E-state index contributed by atoms with van der Waals surface area (Å²) in [5, 5.41) is 22.8. The van der Waals surface area contributed by atoms with Crippen LogP contribution in [0.15, 0.2) is 81.9 Å². The quantitative estimate of drug-likeness (QED) is 0.119. The number of amides is 1. The van der Waals surface area contributed by atoms with Crippen molar-refractivity contribution in [1.82, 2.24) is 15.3 Å². The van der Waals surface area contributed by atoms with E-state index in [-0.39, 0.29) is 5.91 Å². The van der Waals surface area contributed by atoms with Crippen LogP contribution in [-0.4, -0.2) is 55.6 Å². The number of aryl methyl sites for hydroxylation is 1. The zero-order valence-corrected chi connectivity index (χ0v) is 31.7. The zero-order valence-electron chi connectivity index (χ0n) is 28.5. The van der Waals surface area contributed by atoms with Gasteiger partial charge < -0.3 is 24.7 Å². The van der Waals surface area contributed by atoms with Crippen LogP contribution in [0.4, 0.5) is 11.5 Å². The van der Waals surface area contributed by atoms with Crippen LogP contribution >= 0.6 is 27.5 Å². The molecule has 0 atom stereocenters. The lowest BCUT2D eigenvalue weighted by Gasteiger charge is -2.22. The molecule has 3 heterocycles. The number of pyridine rings is 2. The predicted molar refractivity (Wildman–Crippen MR) is 202 cm³/mol. The van der Waals surface area contributed by atoms with Gasteiger partial charge in [0.25, 0.3) is 5.91 Å². The molecule has 49 heavy (non-hydrogen) atoms. The van der Waals surface area contributed by atoms with E-state index in [1.807, 2.05) is 83.0 Å². The van der Waals surface area contributed by atoms with Gasteiger partial charge in [0.05, 0.1) is 5.56 Å². The van der Waals surface area contributed by atoms with E-state index in [9.17, 15) is 14.8 Å². The summed E-state index contributed by atoms with van der Waals surface area (Å²) in [6.07, 6.45) is 5.29. The number of rotatable bonds is 6. The van der Waals surface area contributed by atoms with Crippen LogP contribution in [0.25, 0.3) is 22.3 Å². The van der Waals surface area contributed by atoms with Gasteiger partial charge >= 0.3 is 18.7 Å². The largest absolute Gasteiger partial charge is 0.490 e. The van der Waals surface area contributed by atoms with E-state index in [1.165, 1.54) is 6.20 Å². The number of hydrogen-bond acceptors (Lipinski definition) is 9. The Morgan fingerprint density at radius 2 is 1.63 bits per heavy atom. The lowest BCUT2D eigenvalue weighted by atomic mass is 9.82. The van der Waals surface area contributed by atoms with Crippen molar-refractivity contribution in [2.24, 2.45) is 0 Å². The summed E-state index contributed by atoms with van der Waals surface area (Å²) in [4.78, 5) is 23.1. The number of carbonyl (C=O) groups is 1. The Morgan fingerprint density at radius 3 is 2.10 bits per heavy atom. The van der Waals surface area contributed by atoms with E-state index in [1.54, 1.807) is 31.4 Å². The Balaban J connectivity index is 0.000000469. The summed E-state index contributed by atoms with van der Waals surface area (Å²) in [6, 6.07) is 19.0. The summed E-state index contributed by atoms with van der Waals surface area (Å²) < 4.78 is 23.8. The monoisotopic (exact) mass is 770 g/mol. The molecule has 1 amide bonds. The van der Waals surface area contributed by atoms with E-state index < -0.39 is 18.7 Å². The number of furan rings is 1. The van der Waals surface area contributed by atoms with Gasteiger partial charge in [-0.25, -0.2) is 9.97 Å². The first-order chi connectivity index (χ1) is 23.6. The number of benzene rings is 2. The first-order valence-corrected chi connectivity index (χ1v) is 17.6. The maximum Gasteiger partial charge on any atom is 0.490 e. The normalized spacial score (nSPS) is 11.2. The molecule has 260 valence electrons. The minimum atomic E-state index is -1.56. The van der Waals surface area contributed by atoms with Crippen molar-refractivity contribution >= 4 is 80.1 Å². The second-order valence-corrected chi connectivity index (χ2v) is 11.6. The van der Waals surface area contributed by atoms with Crippen LogP contribution in [0.1, 0.15) is 67.9 Å². The average molecular weight is 772 g/mol. The number of aromatic nitrogens is 2. The number of carbonyl (C=O) groups excluding carboxylic acids is 1. The van der Waals surface area contributed by atoms with Crippen LogP contribution in [0.2, 0.25) is 5.15 Å². The first-order valence-electron chi connectivity index (χ1n) is 15.7. The smallest absolute Gasteiger partial charge is 0.455 e. The number of nitrogens with zero attached hydrogens (tertiary/aromatic N) is 3. The van der Waals surface area contributed by atoms with Crippen LogP contribution in [0, 0.1) is 6.92 Å². The van der Waals surface area contributed by atoms with Gasteiger partial charge in [0.15, 0.2) is 0 Å². The summed E-state index contributed by atoms with van der Waals surface area (Å²) in [5.74, 6) is 1.45. The predicted octanol–water partition coefficient (Wildman–Crippen LogP) is 7.37. The van der Waals surface area contributed by atoms with E-state index in [4.69, 9.17) is 24.4 Å². The molecule has 0 unspecified atom stereocenters. The summed E-state index contributed by atoms with van der Waals surface area (Å²) in [6.45, 7) is 10.0. The Labute approximate surface area is 304 Å². The third kappa shape index (κ3) is 11.3. The molecular formula is C35H41BBrClN4O6S. The summed E-state index contributed by atoms with van der Waals surface area (Å²) >= 11 is 7.95. The highest BCUT2D eigenvalue weighted by molar-refractivity contribution is 9.10. The number of fused-ring (bicyclic) bond motifs is 1. The standard InChI is InChI=1S/C26H26BN3O4.C5H3BrClN.2C2H6.O2S/c1-15-4-6-17(7-5-15)25-24(26(31)28-2)20-12-19(16-8-9-16)21(13-22(20)34-25)30(3)23-11-10-18(14-29-23)27(32)33;6-4-1-2-5(7)8-3-4;2*1-2;1-3-2/h4-7,10-14,16,32-33H,8-9H2,1-3H3,(H,28,31);1-3H;2*1-2H3;. The topological polar surface area (TPSA) is 146 Å². The molecule has 0 radical (unpaired) electrons. The molecule has 0 saturated heterocycles. The lowest BCUT2D eigenvalue weighted by Crippen LogP contribution is -2.30. The molecule has 3 N–H and O–H groups in total. The third-order valence-electron chi connectivity index (χ3n) is 7.09. The van der Waals surface area contributed by atoms with Crippen LogP contribution in [-0.2, 0) is 11.6 Å². The molecule has 2 aromatic carbocycles. The average Bonchev–Trinajstić information content (AvgIpc) is 3.91. The van der Waals surface area contributed by atoms with Gasteiger partial charge in [-0.15, -0.1) is 0 Å². The molecule has 1 saturated carbocycles. The fraction of sp³-hybridized carbons (Fsp3) is 0.286. The maximum atomic E-state index is 12.9. The maximum absolute atomic E-state index is 12.9. The van der Waals surface area contributed by atoms with E-state index >= 15 is 0 Å². The van der Waals surface area contributed by atoms with Crippen molar-refractivity contribution in [3.8, 4) is 11.3 Å². The number of halogens is 2. The Hall–Kier alpha value is -3.88. The van der Waals surface area contributed by atoms with Crippen LogP contribution < -0.4 is 15.7 Å². The van der Waals surface area contributed by atoms with Crippen molar-refractivity contribution in [2.75, 3.05) is 19.0 Å². The van der Waals surface area contributed by atoms with E-state index in [0.29, 0.717) is 39.3 Å². The highest BCUT2D eigenvalue weighted by atomic mass is 79.9. The Morgan fingerprint density at radius 1 is 1.00 bits per heavy atom. The number of anilines is 2. The molecule has 0 bridgehead atoms. The number of nitrogens with one attached hydrogen (secondary N) is 1. The fourth-order valence-corrected chi connectivity index (χ4v) is 5.00. The molecule has 0 spiro atoms. The Kier molecular flexibility index (Phi) is 17.4. The molecule has 1 aliphatic rings. The van der Waals surface area contributed by atoms with Crippen LogP contribution in [0.3, 0.4) is 0 Å². The highest BCUT2D eigenvalue weighted by Gasteiger charge is 2.31. The molecular weight excluding hydrogens is 731 g/mol. The number of hydrogen-bond donors (Lipinski definition) is 3. The minimum Gasteiger partial charge on any atom is -0.455 e. The van der Waals surface area contributed by atoms with Gasteiger partial charge in [-0.05, 0) is 71.4 Å². The second kappa shape index (κ2) is 20.6. The van der Waals surface area contributed by atoms with Gasteiger partial charge in [-0.3, -0.25) is 4.79 Å². The van der Waals surface area contributed by atoms with Crippen molar-refractivity contribution in [1.29, 1.82) is 0 Å². The van der Waals surface area contributed by atoms with Crippen molar-refractivity contribution in [2.45, 2.75) is 53.4 Å². The molecule has 1 fully saturated rings. The van der Waals surface area contributed by atoms with Gasteiger partial charge in [-0.2, -0.15) is 8.42 Å². The molecule has 10 nitrogen and oxygen atoms in total. The molecule has 1 aliphatic carbocycles. The minimum absolute atomic E-state index is 0.183. The second-order valence-electron chi connectivity index (χ2n) is 10.2. The van der Waals surface area contributed by atoms with Gasteiger partial charge in [0.2, 0.25) is 0 Å². The third-order valence-corrected chi connectivity index (χ3v) is 7.78. The van der Waals surface area contributed by atoms with Crippen molar-refractivity contribution in [3.63, 3.8) is 0 Å².